The van der Waals surface area contributed by atoms with Gasteiger partial charge >= 0.3 is 0 Å². The molecule has 4 heteroatoms. The molecule has 3 aliphatic heterocycles. The van der Waals surface area contributed by atoms with Crippen molar-refractivity contribution in [1.82, 2.24) is 15.2 Å². The van der Waals surface area contributed by atoms with Crippen LogP contribution in [-0.4, -0.2) is 46.9 Å². The standard InChI is InChI=1S/C18H22N4/c1-22-12-6-7-13(22)9-18(8-12)11-20-17(21-18)15-10-19-16-5-3-2-4-14(15)16/h2-5,10,12-13,19H,6-9,11H2,1H3,(H,20,21)/t12-,13+,18?. The van der Waals surface area contributed by atoms with Gasteiger partial charge in [0.05, 0.1) is 12.1 Å². The second-order valence-corrected chi connectivity index (χ2v) is 7.28. The lowest BCUT2D eigenvalue weighted by molar-refractivity contribution is 0.111. The normalized spacial score (nSPS) is 34.3. The predicted octanol–water partition coefficient (Wildman–Crippen LogP) is 2.51. The number of nitrogens with zero attached hydrogens (tertiary/aromatic N) is 2. The lowest BCUT2D eigenvalue weighted by Crippen LogP contribution is -2.57. The summed E-state index contributed by atoms with van der Waals surface area (Å²) in [6.07, 6.45) is 7.27. The first kappa shape index (κ1) is 12.7. The van der Waals surface area contributed by atoms with Crippen LogP contribution >= 0.6 is 0 Å². The molecule has 3 aliphatic rings. The number of para-hydroxylation sites is 1. The van der Waals surface area contributed by atoms with Crippen LogP contribution in [0.3, 0.4) is 0 Å². The number of benzene rings is 1. The Balaban J connectivity index is 1.45. The van der Waals surface area contributed by atoms with Gasteiger partial charge in [-0.2, -0.15) is 0 Å². The van der Waals surface area contributed by atoms with Crippen molar-refractivity contribution in [2.75, 3.05) is 13.6 Å². The zero-order valence-electron chi connectivity index (χ0n) is 13.0. The van der Waals surface area contributed by atoms with Crippen LogP contribution in [0, 0.1) is 0 Å². The Hall–Kier alpha value is -1.81. The number of amidine groups is 1. The number of aliphatic imine (C=N–C) groups is 1. The molecule has 114 valence electrons. The molecule has 4 heterocycles. The minimum atomic E-state index is 0.200. The second-order valence-electron chi connectivity index (χ2n) is 7.28. The van der Waals surface area contributed by atoms with Gasteiger partial charge in [0, 0.05) is 34.7 Å². The summed E-state index contributed by atoms with van der Waals surface area (Å²) in [7, 11) is 2.30. The van der Waals surface area contributed by atoms with Crippen LogP contribution in [0.25, 0.3) is 10.9 Å². The molecular formula is C18H22N4. The number of piperidine rings is 1. The molecule has 5 rings (SSSR count). The van der Waals surface area contributed by atoms with Crippen molar-refractivity contribution >= 4 is 16.7 Å². The van der Waals surface area contributed by atoms with Gasteiger partial charge in [-0.05, 0) is 38.8 Å². The summed E-state index contributed by atoms with van der Waals surface area (Å²) < 4.78 is 0. The van der Waals surface area contributed by atoms with Gasteiger partial charge in [-0.15, -0.1) is 0 Å². The van der Waals surface area contributed by atoms with Gasteiger partial charge in [-0.3, -0.25) is 4.99 Å². The maximum absolute atomic E-state index is 4.89. The minimum absolute atomic E-state index is 0.200. The van der Waals surface area contributed by atoms with Crippen LogP contribution in [0.15, 0.2) is 35.5 Å². The fraction of sp³-hybridized carbons (Fsp3) is 0.500. The number of aromatic amines is 1. The summed E-state index contributed by atoms with van der Waals surface area (Å²) in [5.41, 5.74) is 2.61. The van der Waals surface area contributed by atoms with Crippen molar-refractivity contribution in [2.24, 2.45) is 4.99 Å². The van der Waals surface area contributed by atoms with E-state index < -0.39 is 0 Å². The van der Waals surface area contributed by atoms with Crippen molar-refractivity contribution in [3.05, 3.63) is 36.0 Å². The summed E-state index contributed by atoms with van der Waals surface area (Å²) in [5.74, 6) is 1.08. The number of nitrogens with one attached hydrogen (secondary N) is 2. The average molecular weight is 294 g/mol. The molecule has 4 nitrogen and oxygen atoms in total. The first-order valence-corrected chi connectivity index (χ1v) is 8.35. The number of rotatable bonds is 1. The molecule has 2 saturated heterocycles. The molecule has 1 spiro atoms. The van der Waals surface area contributed by atoms with E-state index in [1.807, 2.05) is 0 Å². The molecule has 3 atom stereocenters. The topological polar surface area (TPSA) is 43.4 Å². The van der Waals surface area contributed by atoms with E-state index in [9.17, 15) is 0 Å². The lowest BCUT2D eigenvalue weighted by atomic mass is 9.83. The zero-order chi connectivity index (χ0) is 14.7. The highest BCUT2D eigenvalue weighted by molar-refractivity contribution is 6.10. The zero-order valence-corrected chi connectivity index (χ0v) is 13.0. The predicted molar refractivity (Wildman–Crippen MR) is 89.4 cm³/mol. The molecule has 2 N–H and O–H groups in total. The summed E-state index contributed by atoms with van der Waals surface area (Å²) in [6.45, 7) is 0.933. The number of H-pyrrole nitrogens is 1. The van der Waals surface area contributed by atoms with Crippen LogP contribution in [0.2, 0.25) is 0 Å². The monoisotopic (exact) mass is 294 g/mol. The smallest absolute Gasteiger partial charge is 0.131 e. The summed E-state index contributed by atoms with van der Waals surface area (Å²) in [5, 5.41) is 5.09. The van der Waals surface area contributed by atoms with Crippen molar-refractivity contribution in [2.45, 2.75) is 43.3 Å². The van der Waals surface area contributed by atoms with E-state index in [0.29, 0.717) is 0 Å². The fourth-order valence-corrected chi connectivity index (χ4v) is 4.78. The van der Waals surface area contributed by atoms with Crippen molar-refractivity contribution in [3.8, 4) is 0 Å². The molecule has 1 aromatic heterocycles. The van der Waals surface area contributed by atoms with Gasteiger partial charge in [0.15, 0.2) is 0 Å². The molecule has 0 aliphatic carbocycles. The van der Waals surface area contributed by atoms with Crippen LogP contribution in [0.5, 0.6) is 0 Å². The fourth-order valence-electron chi connectivity index (χ4n) is 4.78. The second kappa shape index (κ2) is 4.35. The Morgan fingerprint density at radius 2 is 1.95 bits per heavy atom. The SMILES string of the molecule is CN1[C@@H]2CC[C@H]1CC1(CN=C(c3c[nH]c4ccccc34)N1)C2. The van der Waals surface area contributed by atoms with Gasteiger partial charge in [-0.1, -0.05) is 18.2 Å². The van der Waals surface area contributed by atoms with Gasteiger partial charge in [0.1, 0.15) is 5.84 Å². The Bertz CT molecular complexity index is 745. The Morgan fingerprint density at radius 3 is 2.77 bits per heavy atom. The number of hydrogen-bond acceptors (Lipinski definition) is 3. The third-order valence-corrected chi connectivity index (χ3v) is 6.01. The Kier molecular flexibility index (Phi) is 2.51. The third kappa shape index (κ3) is 1.70. The maximum Gasteiger partial charge on any atom is 0.131 e. The Labute approximate surface area is 130 Å². The van der Waals surface area contributed by atoms with E-state index in [0.717, 1.165) is 24.5 Å². The van der Waals surface area contributed by atoms with Gasteiger partial charge in [0.2, 0.25) is 0 Å². The molecule has 2 aromatic rings. The van der Waals surface area contributed by atoms with E-state index in [4.69, 9.17) is 4.99 Å². The maximum atomic E-state index is 4.89. The van der Waals surface area contributed by atoms with Crippen molar-refractivity contribution < 1.29 is 0 Å². The molecule has 1 aromatic carbocycles. The summed E-state index contributed by atoms with van der Waals surface area (Å²) >= 11 is 0. The number of hydrogen-bond donors (Lipinski definition) is 2. The molecule has 0 amide bonds. The first-order valence-electron chi connectivity index (χ1n) is 8.35. The van der Waals surface area contributed by atoms with E-state index in [1.54, 1.807) is 0 Å². The summed E-state index contributed by atoms with van der Waals surface area (Å²) in [4.78, 5) is 10.9. The number of aromatic nitrogens is 1. The van der Waals surface area contributed by atoms with Crippen LogP contribution in [0.1, 0.15) is 31.2 Å². The lowest BCUT2D eigenvalue weighted by Gasteiger charge is -2.43. The molecule has 0 saturated carbocycles. The molecule has 2 fully saturated rings. The molecule has 2 bridgehead atoms. The van der Waals surface area contributed by atoms with Gasteiger partial charge < -0.3 is 15.2 Å². The largest absolute Gasteiger partial charge is 0.362 e. The van der Waals surface area contributed by atoms with Crippen molar-refractivity contribution in [1.29, 1.82) is 0 Å². The molecule has 22 heavy (non-hydrogen) atoms. The quantitative estimate of drug-likeness (QED) is 0.849. The summed E-state index contributed by atoms with van der Waals surface area (Å²) in [6, 6.07) is 9.95. The van der Waals surface area contributed by atoms with E-state index >= 15 is 0 Å². The highest BCUT2D eigenvalue weighted by Crippen LogP contribution is 2.41. The van der Waals surface area contributed by atoms with Crippen LogP contribution in [-0.2, 0) is 0 Å². The average Bonchev–Trinajstić information content (AvgIpc) is 3.17. The van der Waals surface area contributed by atoms with Gasteiger partial charge in [-0.25, -0.2) is 0 Å². The van der Waals surface area contributed by atoms with Crippen LogP contribution in [0.4, 0.5) is 0 Å². The molecule has 1 unspecified atom stereocenters. The van der Waals surface area contributed by atoms with Crippen LogP contribution < -0.4 is 5.32 Å². The van der Waals surface area contributed by atoms with Crippen molar-refractivity contribution in [3.63, 3.8) is 0 Å². The van der Waals surface area contributed by atoms with Gasteiger partial charge in [0.25, 0.3) is 0 Å². The number of fused-ring (bicyclic) bond motifs is 3. The highest BCUT2D eigenvalue weighted by atomic mass is 15.2. The molecular weight excluding hydrogens is 272 g/mol. The third-order valence-electron chi connectivity index (χ3n) is 6.01. The van der Waals surface area contributed by atoms with E-state index in [2.05, 4.69) is 52.7 Å². The molecule has 0 radical (unpaired) electrons. The first-order chi connectivity index (χ1) is 10.7. The highest BCUT2D eigenvalue weighted by Gasteiger charge is 2.49. The van der Waals surface area contributed by atoms with E-state index in [-0.39, 0.29) is 5.54 Å². The minimum Gasteiger partial charge on any atom is -0.362 e. The van der Waals surface area contributed by atoms with E-state index in [1.165, 1.54) is 42.1 Å². The Morgan fingerprint density at radius 1 is 1.18 bits per heavy atom.